The maximum atomic E-state index is 12.2. The van der Waals surface area contributed by atoms with E-state index < -0.39 is 12.8 Å². The van der Waals surface area contributed by atoms with E-state index in [0.29, 0.717) is 19.7 Å². The van der Waals surface area contributed by atoms with Crippen molar-refractivity contribution in [3.8, 4) is 11.5 Å². The highest BCUT2D eigenvalue weighted by molar-refractivity contribution is 5.33. The van der Waals surface area contributed by atoms with E-state index in [9.17, 15) is 13.2 Å². The summed E-state index contributed by atoms with van der Waals surface area (Å²) in [5.74, 6) is 0.975. The minimum Gasteiger partial charge on any atom is -0.489 e. The Kier molecular flexibility index (Phi) is 6.89. The van der Waals surface area contributed by atoms with Gasteiger partial charge in [-0.3, -0.25) is 0 Å². The average molecular weight is 351 g/mol. The highest BCUT2D eigenvalue weighted by Crippen LogP contribution is 2.20. The van der Waals surface area contributed by atoms with Crippen molar-refractivity contribution in [2.45, 2.75) is 19.3 Å². The number of hydrogen-bond donors (Lipinski definition) is 1. The Morgan fingerprint density at radius 2 is 1.80 bits per heavy atom. The van der Waals surface area contributed by atoms with Gasteiger partial charge in [-0.25, -0.2) is 0 Å². The van der Waals surface area contributed by atoms with Crippen molar-refractivity contribution < 1.29 is 22.6 Å². The second-order valence-corrected chi connectivity index (χ2v) is 5.36. The molecule has 0 spiro atoms. The summed E-state index contributed by atoms with van der Waals surface area (Å²) >= 11 is 0. The van der Waals surface area contributed by atoms with Gasteiger partial charge in [0.1, 0.15) is 18.1 Å². The smallest absolute Gasteiger partial charge is 0.422 e. The highest BCUT2D eigenvalue weighted by atomic mass is 19.4. The Hall–Kier alpha value is -2.47. The molecule has 134 valence electrons. The summed E-state index contributed by atoms with van der Waals surface area (Å²) in [4.78, 5) is 0. The van der Waals surface area contributed by atoms with Crippen molar-refractivity contribution >= 4 is 0 Å². The lowest BCUT2D eigenvalue weighted by molar-refractivity contribution is -0.153. The van der Waals surface area contributed by atoms with E-state index in [1.54, 1.807) is 18.2 Å². The van der Waals surface area contributed by atoms with Crippen molar-refractivity contribution in [3.05, 3.63) is 72.3 Å². The summed E-state index contributed by atoms with van der Waals surface area (Å²) < 4.78 is 47.0. The average Bonchev–Trinajstić information content (AvgIpc) is 2.59. The second kappa shape index (κ2) is 9.13. The van der Waals surface area contributed by atoms with Gasteiger partial charge in [0.25, 0.3) is 0 Å². The van der Waals surface area contributed by atoms with Crippen LogP contribution in [0, 0.1) is 0 Å². The first kappa shape index (κ1) is 18.9. The van der Waals surface area contributed by atoms with Gasteiger partial charge in [0.05, 0.1) is 0 Å². The molecule has 2 rings (SSSR count). The molecule has 2 aromatic carbocycles. The maximum Gasteiger partial charge on any atom is 0.422 e. The number of para-hydroxylation sites is 1. The number of hydrogen-bond acceptors (Lipinski definition) is 3. The molecule has 0 aromatic heterocycles. The van der Waals surface area contributed by atoms with Gasteiger partial charge < -0.3 is 14.8 Å². The van der Waals surface area contributed by atoms with E-state index in [0.717, 1.165) is 16.9 Å². The number of benzene rings is 2. The van der Waals surface area contributed by atoms with Gasteiger partial charge in [-0.1, -0.05) is 43.0 Å². The summed E-state index contributed by atoms with van der Waals surface area (Å²) in [6.07, 6.45) is -2.67. The van der Waals surface area contributed by atoms with Crippen molar-refractivity contribution in [2.75, 3.05) is 13.2 Å². The number of alkyl halides is 3. The predicted octanol–water partition coefficient (Wildman–Crippen LogP) is 4.48. The van der Waals surface area contributed by atoms with Gasteiger partial charge in [-0.05, 0) is 23.8 Å². The standard InChI is InChI=1S/C19H20F3NO2/c1-2-10-24-18-9-4-3-7-16(18)13-23-12-15-6-5-8-17(11-15)25-14-19(20,21)22/h2-9,11,23H,1,10,12-14H2. The van der Waals surface area contributed by atoms with E-state index in [2.05, 4.69) is 11.9 Å². The van der Waals surface area contributed by atoms with E-state index in [1.807, 2.05) is 30.3 Å². The minimum atomic E-state index is -4.34. The van der Waals surface area contributed by atoms with Crippen LogP contribution in [0.15, 0.2) is 61.2 Å². The molecular formula is C19H20F3NO2. The van der Waals surface area contributed by atoms with Crippen LogP contribution in [0.5, 0.6) is 11.5 Å². The molecule has 0 aliphatic carbocycles. The molecule has 0 amide bonds. The first-order valence-corrected chi connectivity index (χ1v) is 7.79. The summed E-state index contributed by atoms with van der Waals surface area (Å²) in [7, 11) is 0. The van der Waals surface area contributed by atoms with Gasteiger partial charge >= 0.3 is 6.18 Å². The Bertz CT molecular complexity index is 686. The van der Waals surface area contributed by atoms with Crippen LogP contribution in [0.1, 0.15) is 11.1 Å². The minimum absolute atomic E-state index is 0.200. The lowest BCUT2D eigenvalue weighted by Crippen LogP contribution is -2.19. The summed E-state index contributed by atoms with van der Waals surface area (Å²) in [6, 6.07) is 14.2. The molecule has 0 atom stereocenters. The molecular weight excluding hydrogens is 331 g/mol. The van der Waals surface area contributed by atoms with Gasteiger partial charge in [0, 0.05) is 18.7 Å². The monoisotopic (exact) mass is 351 g/mol. The highest BCUT2D eigenvalue weighted by Gasteiger charge is 2.28. The van der Waals surface area contributed by atoms with Crippen molar-refractivity contribution in [3.63, 3.8) is 0 Å². The molecule has 2 aromatic rings. The maximum absolute atomic E-state index is 12.2. The molecule has 0 saturated carbocycles. The zero-order valence-corrected chi connectivity index (χ0v) is 13.7. The molecule has 0 fully saturated rings. The fourth-order valence-corrected chi connectivity index (χ4v) is 2.19. The third-order valence-corrected chi connectivity index (χ3v) is 3.27. The Balaban J connectivity index is 1.89. The van der Waals surface area contributed by atoms with E-state index >= 15 is 0 Å². The summed E-state index contributed by atoms with van der Waals surface area (Å²) in [5.41, 5.74) is 1.83. The Morgan fingerprint density at radius 1 is 1.00 bits per heavy atom. The molecule has 0 heterocycles. The van der Waals surface area contributed by atoms with Gasteiger partial charge in [-0.15, -0.1) is 0 Å². The van der Waals surface area contributed by atoms with Crippen molar-refractivity contribution in [2.24, 2.45) is 0 Å². The van der Waals surface area contributed by atoms with Gasteiger partial charge in [0.2, 0.25) is 0 Å². The third-order valence-electron chi connectivity index (χ3n) is 3.27. The van der Waals surface area contributed by atoms with Crippen LogP contribution in [0.4, 0.5) is 13.2 Å². The molecule has 0 aliphatic heterocycles. The van der Waals surface area contributed by atoms with Crippen LogP contribution < -0.4 is 14.8 Å². The topological polar surface area (TPSA) is 30.5 Å². The Labute approximate surface area is 145 Å². The summed E-state index contributed by atoms with van der Waals surface area (Å²) in [5, 5.41) is 3.25. The molecule has 0 bridgehead atoms. The molecule has 0 unspecified atom stereocenters. The van der Waals surface area contributed by atoms with Crippen LogP contribution in [0.2, 0.25) is 0 Å². The molecule has 0 aliphatic rings. The molecule has 25 heavy (non-hydrogen) atoms. The fraction of sp³-hybridized carbons (Fsp3) is 0.263. The van der Waals surface area contributed by atoms with E-state index in [1.165, 1.54) is 6.07 Å². The normalized spacial score (nSPS) is 11.2. The fourth-order valence-electron chi connectivity index (χ4n) is 2.19. The van der Waals surface area contributed by atoms with Crippen LogP contribution in [0.25, 0.3) is 0 Å². The predicted molar refractivity (Wildman–Crippen MR) is 90.7 cm³/mol. The lowest BCUT2D eigenvalue weighted by atomic mass is 10.2. The van der Waals surface area contributed by atoms with E-state index in [-0.39, 0.29) is 5.75 Å². The second-order valence-electron chi connectivity index (χ2n) is 5.36. The first-order chi connectivity index (χ1) is 12.0. The molecule has 1 N–H and O–H groups in total. The third kappa shape index (κ3) is 6.89. The zero-order valence-electron chi connectivity index (χ0n) is 13.7. The number of nitrogens with one attached hydrogen (secondary N) is 1. The number of ether oxygens (including phenoxy) is 2. The van der Waals surface area contributed by atoms with Crippen molar-refractivity contribution in [1.82, 2.24) is 5.32 Å². The molecule has 3 nitrogen and oxygen atoms in total. The van der Waals surface area contributed by atoms with Crippen LogP contribution in [-0.4, -0.2) is 19.4 Å². The molecule has 0 saturated heterocycles. The number of halogens is 3. The van der Waals surface area contributed by atoms with Crippen LogP contribution >= 0.6 is 0 Å². The first-order valence-electron chi connectivity index (χ1n) is 7.79. The quantitative estimate of drug-likeness (QED) is 0.676. The van der Waals surface area contributed by atoms with Gasteiger partial charge in [-0.2, -0.15) is 13.2 Å². The number of rotatable bonds is 9. The van der Waals surface area contributed by atoms with Crippen LogP contribution in [-0.2, 0) is 13.1 Å². The molecule has 6 heteroatoms. The zero-order chi connectivity index (χ0) is 18.1. The summed E-state index contributed by atoms with van der Waals surface area (Å²) in [6.45, 7) is 3.82. The molecule has 0 radical (unpaired) electrons. The van der Waals surface area contributed by atoms with Crippen molar-refractivity contribution in [1.29, 1.82) is 0 Å². The SMILES string of the molecule is C=CCOc1ccccc1CNCc1cccc(OCC(F)(F)F)c1. The largest absolute Gasteiger partial charge is 0.489 e. The van der Waals surface area contributed by atoms with E-state index in [4.69, 9.17) is 9.47 Å². The Morgan fingerprint density at radius 3 is 2.56 bits per heavy atom. The van der Waals surface area contributed by atoms with Gasteiger partial charge in [0.15, 0.2) is 6.61 Å². The lowest BCUT2D eigenvalue weighted by Gasteiger charge is -2.12. The van der Waals surface area contributed by atoms with Crippen LogP contribution in [0.3, 0.4) is 0 Å².